The van der Waals surface area contributed by atoms with Crippen LogP contribution in [-0.2, 0) is 9.53 Å². The highest BCUT2D eigenvalue weighted by Gasteiger charge is 1.64. The van der Waals surface area contributed by atoms with Gasteiger partial charge in [-0.15, -0.1) is 0 Å². The Hall–Kier alpha value is -0.790. The van der Waals surface area contributed by atoms with Crippen LogP contribution in [0.1, 0.15) is 13.3 Å². The Kier molecular flexibility index (Phi) is 4.62. The fraction of sp³-hybridized carbons (Fsp3) is 0.400. The monoisotopic (exact) mass is 100 g/mol. The van der Waals surface area contributed by atoms with E-state index in [0.29, 0.717) is 6.47 Å². The Morgan fingerprint density at radius 3 is 2.86 bits per heavy atom. The standard InChI is InChI=1S/C5H8O2/c1-2-3-4-7-5-6/h3-5H,2H2,1H3/b4-3+. The molecule has 7 heavy (non-hydrogen) atoms. The van der Waals surface area contributed by atoms with Gasteiger partial charge in [-0.05, 0) is 12.5 Å². The van der Waals surface area contributed by atoms with Crippen molar-refractivity contribution >= 4 is 6.47 Å². The summed E-state index contributed by atoms with van der Waals surface area (Å²) in [7, 11) is 0. The van der Waals surface area contributed by atoms with E-state index in [0.717, 1.165) is 6.42 Å². The molecule has 0 spiro atoms. The van der Waals surface area contributed by atoms with Gasteiger partial charge in [0.1, 0.15) is 0 Å². The maximum absolute atomic E-state index is 9.41. The molecule has 0 N–H and O–H groups in total. The Morgan fingerprint density at radius 2 is 2.43 bits per heavy atom. The van der Waals surface area contributed by atoms with Gasteiger partial charge in [0.15, 0.2) is 0 Å². The van der Waals surface area contributed by atoms with Crippen molar-refractivity contribution in [3.05, 3.63) is 12.3 Å². The molecule has 0 fully saturated rings. The maximum atomic E-state index is 9.41. The van der Waals surface area contributed by atoms with Gasteiger partial charge in [0.25, 0.3) is 6.47 Å². The molecule has 40 valence electrons. The Bertz CT molecular complexity index is 66.5. The molecule has 0 aromatic heterocycles. The highest BCUT2D eigenvalue weighted by Crippen LogP contribution is 1.77. The average molecular weight is 100 g/mol. The molecule has 0 amide bonds. The Labute approximate surface area is 42.8 Å². The van der Waals surface area contributed by atoms with Crippen LogP contribution < -0.4 is 0 Å². The molecule has 0 unspecified atom stereocenters. The van der Waals surface area contributed by atoms with Gasteiger partial charge in [0.2, 0.25) is 0 Å². The minimum absolute atomic E-state index is 0.395. The van der Waals surface area contributed by atoms with Crippen LogP contribution in [0, 0.1) is 0 Å². The van der Waals surface area contributed by atoms with E-state index >= 15 is 0 Å². The maximum Gasteiger partial charge on any atom is 0.297 e. The van der Waals surface area contributed by atoms with E-state index in [1.165, 1.54) is 6.26 Å². The number of carbonyl (C=O) groups is 1. The molecule has 0 aromatic carbocycles. The fourth-order valence-electron chi connectivity index (χ4n) is 0.184. The van der Waals surface area contributed by atoms with E-state index in [1.807, 2.05) is 6.92 Å². The summed E-state index contributed by atoms with van der Waals surface area (Å²) < 4.78 is 4.21. The van der Waals surface area contributed by atoms with Crippen molar-refractivity contribution in [3.8, 4) is 0 Å². The molecule has 0 aliphatic rings. The van der Waals surface area contributed by atoms with Gasteiger partial charge >= 0.3 is 0 Å². The van der Waals surface area contributed by atoms with Crippen molar-refractivity contribution in [2.45, 2.75) is 13.3 Å². The van der Waals surface area contributed by atoms with E-state index in [-0.39, 0.29) is 0 Å². The number of allylic oxidation sites excluding steroid dienone is 1. The zero-order valence-electron chi connectivity index (χ0n) is 4.26. The molecule has 0 saturated carbocycles. The van der Waals surface area contributed by atoms with Crippen LogP contribution in [0.4, 0.5) is 0 Å². The van der Waals surface area contributed by atoms with Gasteiger partial charge in [0.05, 0.1) is 6.26 Å². The molecule has 0 atom stereocenters. The third-order valence-electron chi connectivity index (χ3n) is 0.466. The van der Waals surface area contributed by atoms with Gasteiger partial charge in [-0.3, -0.25) is 4.79 Å². The van der Waals surface area contributed by atoms with Crippen LogP contribution >= 0.6 is 0 Å². The zero-order valence-corrected chi connectivity index (χ0v) is 4.26. The number of rotatable bonds is 3. The van der Waals surface area contributed by atoms with Gasteiger partial charge in [0, 0.05) is 0 Å². The lowest BCUT2D eigenvalue weighted by Crippen LogP contribution is -1.70. The summed E-state index contributed by atoms with van der Waals surface area (Å²) >= 11 is 0. The molecule has 0 saturated heterocycles. The minimum atomic E-state index is 0.395. The lowest BCUT2D eigenvalue weighted by atomic mass is 10.5. The topological polar surface area (TPSA) is 26.3 Å². The van der Waals surface area contributed by atoms with Crippen LogP contribution in [-0.4, -0.2) is 6.47 Å². The summed E-state index contributed by atoms with van der Waals surface area (Å²) in [6, 6.07) is 0. The van der Waals surface area contributed by atoms with Crippen molar-refractivity contribution in [1.29, 1.82) is 0 Å². The molecule has 0 aromatic rings. The van der Waals surface area contributed by atoms with E-state index in [1.54, 1.807) is 6.08 Å². The molecule has 0 radical (unpaired) electrons. The molecule has 2 nitrogen and oxygen atoms in total. The average Bonchev–Trinajstić information content (AvgIpc) is 1.69. The second kappa shape index (κ2) is 5.21. The van der Waals surface area contributed by atoms with Crippen molar-refractivity contribution in [2.75, 3.05) is 0 Å². The second-order valence-corrected chi connectivity index (χ2v) is 1.01. The summed E-state index contributed by atoms with van der Waals surface area (Å²) in [6.45, 7) is 2.36. The molecule has 0 rings (SSSR count). The van der Waals surface area contributed by atoms with Gasteiger partial charge in [-0.1, -0.05) is 6.92 Å². The van der Waals surface area contributed by atoms with Gasteiger partial charge in [-0.25, -0.2) is 0 Å². The predicted octanol–water partition coefficient (Wildman–Crippen LogP) is 1.08. The van der Waals surface area contributed by atoms with E-state index in [4.69, 9.17) is 0 Å². The first kappa shape index (κ1) is 6.21. The lowest BCUT2D eigenvalue weighted by molar-refractivity contribution is -0.123. The van der Waals surface area contributed by atoms with Crippen molar-refractivity contribution in [1.82, 2.24) is 0 Å². The van der Waals surface area contributed by atoms with Crippen LogP contribution in [0.15, 0.2) is 12.3 Å². The largest absolute Gasteiger partial charge is 0.437 e. The number of ether oxygens (including phenoxy) is 1. The summed E-state index contributed by atoms with van der Waals surface area (Å²) in [4.78, 5) is 9.41. The van der Waals surface area contributed by atoms with Crippen LogP contribution in [0.25, 0.3) is 0 Å². The molecule has 0 aliphatic heterocycles. The van der Waals surface area contributed by atoms with E-state index in [2.05, 4.69) is 4.74 Å². The van der Waals surface area contributed by atoms with Gasteiger partial charge in [-0.2, -0.15) is 0 Å². The molecule has 0 heterocycles. The first-order valence-corrected chi connectivity index (χ1v) is 2.16. The smallest absolute Gasteiger partial charge is 0.297 e. The van der Waals surface area contributed by atoms with Gasteiger partial charge < -0.3 is 4.74 Å². The first-order chi connectivity index (χ1) is 3.41. The quantitative estimate of drug-likeness (QED) is 0.392. The third kappa shape index (κ3) is 5.21. The predicted molar refractivity (Wildman–Crippen MR) is 26.6 cm³/mol. The van der Waals surface area contributed by atoms with E-state index in [9.17, 15) is 4.79 Å². The molecule has 2 heteroatoms. The Morgan fingerprint density at radius 1 is 1.71 bits per heavy atom. The fourth-order valence-corrected chi connectivity index (χ4v) is 0.184. The number of carbonyl (C=O) groups excluding carboxylic acids is 1. The van der Waals surface area contributed by atoms with Crippen LogP contribution in [0.2, 0.25) is 0 Å². The molecule has 0 aliphatic carbocycles. The molecular weight excluding hydrogens is 92.1 g/mol. The Balaban J connectivity index is 2.92. The van der Waals surface area contributed by atoms with Crippen LogP contribution in [0.5, 0.6) is 0 Å². The number of hydrogen-bond acceptors (Lipinski definition) is 2. The summed E-state index contributed by atoms with van der Waals surface area (Å²) in [5.41, 5.74) is 0. The normalized spacial score (nSPS) is 9.29. The molecular formula is C5H8O2. The van der Waals surface area contributed by atoms with Crippen molar-refractivity contribution < 1.29 is 9.53 Å². The molecule has 0 bridgehead atoms. The second-order valence-electron chi connectivity index (χ2n) is 1.01. The minimum Gasteiger partial charge on any atom is -0.437 e. The van der Waals surface area contributed by atoms with E-state index < -0.39 is 0 Å². The van der Waals surface area contributed by atoms with Crippen LogP contribution in [0.3, 0.4) is 0 Å². The number of hydrogen-bond donors (Lipinski definition) is 0. The van der Waals surface area contributed by atoms with Crippen molar-refractivity contribution in [3.63, 3.8) is 0 Å². The SMILES string of the molecule is CC/C=C/OC=O. The first-order valence-electron chi connectivity index (χ1n) is 2.16. The summed E-state index contributed by atoms with van der Waals surface area (Å²) in [5, 5.41) is 0. The summed E-state index contributed by atoms with van der Waals surface area (Å²) in [5.74, 6) is 0. The van der Waals surface area contributed by atoms with Crippen molar-refractivity contribution in [2.24, 2.45) is 0 Å². The third-order valence-corrected chi connectivity index (χ3v) is 0.466. The summed E-state index contributed by atoms with van der Waals surface area (Å²) in [6.07, 6.45) is 4.02. The lowest BCUT2D eigenvalue weighted by Gasteiger charge is -1.78. The highest BCUT2D eigenvalue weighted by molar-refractivity contribution is 5.38. The highest BCUT2D eigenvalue weighted by atomic mass is 16.5. The zero-order chi connectivity index (χ0) is 5.54.